The van der Waals surface area contributed by atoms with Crippen LogP contribution in [0.5, 0.6) is 5.75 Å². The molecule has 3 heterocycles. The third-order valence-corrected chi connectivity index (χ3v) is 7.10. The van der Waals surface area contributed by atoms with Crippen molar-refractivity contribution in [2.75, 3.05) is 27.2 Å². The van der Waals surface area contributed by atoms with Crippen molar-refractivity contribution in [1.82, 2.24) is 14.9 Å². The number of benzene rings is 1. The standard InChI is InChI=1S/C20H23N3O2S2/c1-12-4-5-16(25-3)14(10-12)15-11-26-19-17(15)18(24)21-20(22-19)27-13-6-8-23(2)9-7-13/h4-5,10-11,13H,6-9H2,1-3H3,(H,21,22,24). The first-order valence-electron chi connectivity index (χ1n) is 9.07. The number of hydrogen-bond donors (Lipinski definition) is 1. The third-order valence-electron chi connectivity index (χ3n) is 5.01. The Bertz CT molecular complexity index is 1020. The summed E-state index contributed by atoms with van der Waals surface area (Å²) in [4.78, 5) is 23.8. The fourth-order valence-electron chi connectivity index (χ4n) is 3.48. The first-order chi connectivity index (χ1) is 13.0. The van der Waals surface area contributed by atoms with Crippen molar-refractivity contribution in [3.8, 4) is 16.9 Å². The lowest BCUT2D eigenvalue weighted by Crippen LogP contribution is -2.31. The van der Waals surface area contributed by atoms with E-state index in [-0.39, 0.29) is 5.56 Å². The van der Waals surface area contributed by atoms with Gasteiger partial charge in [-0.1, -0.05) is 23.4 Å². The van der Waals surface area contributed by atoms with E-state index in [4.69, 9.17) is 9.72 Å². The molecule has 142 valence electrons. The minimum atomic E-state index is -0.0739. The van der Waals surface area contributed by atoms with E-state index in [1.165, 1.54) is 11.3 Å². The predicted octanol–water partition coefficient (Wildman–Crippen LogP) is 4.15. The number of thioether (sulfide) groups is 1. The van der Waals surface area contributed by atoms with E-state index in [2.05, 4.69) is 23.0 Å². The fourth-order valence-corrected chi connectivity index (χ4v) is 5.53. The highest BCUT2D eigenvalue weighted by atomic mass is 32.2. The van der Waals surface area contributed by atoms with Crippen LogP contribution in [0.25, 0.3) is 21.3 Å². The molecule has 4 rings (SSSR count). The molecule has 0 radical (unpaired) electrons. The normalized spacial score (nSPS) is 16.1. The van der Waals surface area contributed by atoms with Gasteiger partial charge in [0.2, 0.25) is 0 Å². The van der Waals surface area contributed by atoms with E-state index in [0.29, 0.717) is 10.6 Å². The molecular formula is C20H23N3O2S2. The first kappa shape index (κ1) is 18.5. The van der Waals surface area contributed by atoms with Gasteiger partial charge in [0.1, 0.15) is 10.6 Å². The molecule has 1 saturated heterocycles. The lowest BCUT2D eigenvalue weighted by atomic mass is 10.0. The van der Waals surface area contributed by atoms with Crippen molar-refractivity contribution in [2.24, 2.45) is 0 Å². The van der Waals surface area contributed by atoms with Crippen LogP contribution in [0.2, 0.25) is 0 Å². The van der Waals surface area contributed by atoms with Crippen molar-refractivity contribution >= 4 is 33.3 Å². The van der Waals surface area contributed by atoms with Gasteiger partial charge >= 0.3 is 0 Å². The molecule has 0 bridgehead atoms. The maximum atomic E-state index is 12.9. The van der Waals surface area contributed by atoms with E-state index in [0.717, 1.165) is 58.4 Å². The lowest BCUT2D eigenvalue weighted by Gasteiger charge is -2.27. The Kier molecular flexibility index (Phi) is 5.25. The highest BCUT2D eigenvalue weighted by molar-refractivity contribution is 7.99. The second-order valence-corrected chi connectivity index (χ2v) is 9.17. The summed E-state index contributed by atoms with van der Waals surface area (Å²) in [5.74, 6) is 0.768. The molecule has 0 amide bonds. The van der Waals surface area contributed by atoms with Gasteiger partial charge in [-0.2, -0.15) is 0 Å². The van der Waals surface area contributed by atoms with Gasteiger partial charge in [-0.15, -0.1) is 11.3 Å². The maximum Gasteiger partial charge on any atom is 0.260 e. The van der Waals surface area contributed by atoms with Crippen molar-refractivity contribution in [1.29, 1.82) is 0 Å². The second kappa shape index (κ2) is 7.66. The number of aromatic amines is 1. The molecule has 2 aromatic heterocycles. The zero-order valence-electron chi connectivity index (χ0n) is 15.7. The van der Waals surface area contributed by atoms with E-state index >= 15 is 0 Å². The molecule has 1 fully saturated rings. The van der Waals surface area contributed by atoms with Gasteiger partial charge in [-0.25, -0.2) is 4.98 Å². The van der Waals surface area contributed by atoms with E-state index in [1.54, 1.807) is 18.9 Å². The van der Waals surface area contributed by atoms with Gasteiger partial charge in [0, 0.05) is 21.8 Å². The van der Waals surface area contributed by atoms with Crippen LogP contribution in [0, 0.1) is 6.92 Å². The Labute approximate surface area is 166 Å². The Hall–Kier alpha value is -1.83. The number of nitrogens with zero attached hydrogens (tertiary/aromatic N) is 2. The molecule has 0 atom stereocenters. The summed E-state index contributed by atoms with van der Waals surface area (Å²) in [6.07, 6.45) is 2.25. The minimum absolute atomic E-state index is 0.0739. The van der Waals surface area contributed by atoms with Gasteiger partial charge in [-0.05, 0) is 52.0 Å². The molecule has 1 aromatic carbocycles. The monoisotopic (exact) mass is 401 g/mol. The fraction of sp³-hybridized carbons (Fsp3) is 0.400. The number of aryl methyl sites for hydroxylation is 1. The number of thiophene rings is 1. The lowest BCUT2D eigenvalue weighted by molar-refractivity contribution is 0.282. The van der Waals surface area contributed by atoms with E-state index < -0.39 is 0 Å². The Balaban J connectivity index is 1.70. The van der Waals surface area contributed by atoms with Gasteiger partial charge < -0.3 is 14.6 Å². The summed E-state index contributed by atoms with van der Waals surface area (Å²) >= 11 is 3.22. The minimum Gasteiger partial charge on any atom is -0.496 e. The zero-order chi connectivity index (χ0) is 19.0. The van der Waals surface area contributed by atoms with Gasteiger partial charge in [0.15, 0.2) is 5.16 Å². The average Bonchev–Trinajstić information content (AvgIpc) is 3.08. The van der Waals surface area contributed by atoms with E-state index in [9.17, 15) is 4.79 Å². The highest BCUT2D eigenvalue weighted by Crippen LogP contribution is 2.38. The van der Waals surface area contributed by atoms with Crippen LogP contribution in [0.15, 0.2) is 33.5 Å². The molecule has 0 spiro atoms. The quantitative estimate of drug-likeness (QED) is 0.666. The van der Waals surface area contributed by atoms with Gasteiger partial charge in [-0.3, -0.25) is 4.79 Å². The number of nitrogens with one attached hydrogen (secondary N) is 1. The molecule has 0 aliphatic carbocycles. The molecule has 1 aliphatic heterocycles. The van der Waals surface area contributed by atoms with Crippen LogP contribution in [-0.4, -0.2) is 47.4 Å². The van der Waals surface area contributed by atoms with Crippen LogP contribution in [0.4, 0.5) is 0 Å². The SMILES string of the molecule is COc1ccc(C)cc1-c1csc2nc(SC3CCN(C)CC3)[nH]c(=O)c12. The number of likely N-dealkylation sites (tertiary alicyclic amines) is 1. The number of H-pyrrole nitrogens is 1. The topological polar surface area (TPSA) is 58.2 Å². The number of aromatic nitrogens is 2. The Morgan fingerprint density at radius 3 is 2.81 bits per heavy atom. The summed E-state index contributed by atoms with van der Waals surface area (Å²) in [6.45, 7) is 4.23. The highest BCUT2D eigenvalue weighted by Gasteiger charge is 2.21. The number of hydrogen-bond acceptors (Lipinski definition) is 6. The van der Waals surface area contributed by atoms with Crippen LogP contribution in [-0.2, 0) is 0 Å². The smallest absolute Gasteiger partial charge is 0.260 e. The molecule has 3 aromatic rings. The van der Waals surface area contributed by atoms with E-state index in [1.807, 2.05) is 24.4 Å². The number of methoxy groups -OCH3 is 1. The predicted molar refractivity (Wildman–Crippen MR) is 113 cm³/mol. The van der Waals surface area contributed by atoms with Gasteiger partial charge in [0.25, 0.3) is 5.56 Å². The summed E-state index contributed by atoms with van der Waals surface area (Å²) in [5.41, 5.74) is 2.88. The van der Waals surface area contributed by atoms with Crippen LogP contribution >= 0.6 is 23.1 Å². The summed E-state index contributed by atoms with van der Waals surface area (Å²) in [5, 5.41) is 3.90. The second-order valence-electron chi connectivity index (χ2n) is 7.02. The Morgan fingerprint density at radius 1 is 1.30 bits per heavy atom. The van der Waals surface area contributed by atoms with Crippen molar-refractivity contribution in [3.05, 3.63) is 39.5 Å². The largest absolute Gasteiger partial charge is 0.496 e. The van der Waals surface area contributed by atoms with Crippen molar-refractivity contribution in [3.63, 3.8) is 0 Å². The number of fused-ring (bicyclic) bond motifs is 1. The third kappa shape index (κ3) is 3.77. The summed E-state index contributed by atoms with van der Waals surface area (Å²) in [6, 6.07) is 6.01. The maximum absolute atomic E-state index is 12.9. The molecule has 1 aliphatic rings. The molecular weight excluding hydrogens is 378 g/mol. The number of rotatable bonds is 4. The molecule has 27 heavy (non-hydrogen) atoms. The Morgan fingerprint density at radius 2 is 2.07 bits per heavy atom. The molecule has 7 heteroatoms. The molecule has 0 unspecified atom stereocenters. The summed E-state index contributed by atoms with van der Waals surface area (Å²) in [7, 11) is 3.81. The first-order valence-corrected chi connectivity index (χ1v) is 10.8. The molecule has 1 N–H and O–H groups in total. The summed E-state index contributed by atoms with van der Waals surface area (Å²) < 4.78 is 5.51. The van der Waals surface area contributed by atoms with Crippen LogP contribution in [0.1, 0.15) is 18.4 Å². The number of piperidine rings is 1. The zero-order valence-corrected chi connectivity index (χ0v) is 17.4. The van der Waals surface area contributed by atoms with Crippen molar-refractivity contribution < 1.29 is 4.74 Å². The van der Waals surface area contributed by atoms with Crippen LogP contribution in [0.3, 0.4) is 0 Å². The molecule has 5 nitrogen and oxygen atoms in total. The van der Waals surface area contributed by atoms with Crippen molar-refractivity contribution in [2.45, 2.75) is 30.2 Å². The number of ether oxygens (including phenoxy) is 1. The molecule has 0 saturated carbocycles. The van der Waals surface area contributed by atoms with Crippen LogP contribution < -0.4 is 10.3 Å². The average molecular weight is 402 g/mol. The van der Waals surface area contributed by atoms with Gasteiger partial charge in [0.05, 0.1) is 12.5 Å².